The van der Waals surface area contributed by atoms with Crippen LogP contribution in [-0.2, 0) is 4.74 Å². The summed E-state index contributed by atoms with van der Waals surface area (Å²) in [7, 11) is 1.59. The minimum atomic E-state index is -1.03. The third-order valence-corrected chi connectivity index (χ3v) is 6.51. The Hall–Kier alpha value is -3.07. The molecule has 0 saturated heterocycles. The summed E-state index contributed by atoms with van der Waals surface area (Å²) in [5.74, 6) is 0.537. The molecule has 0 spiro atoms. The van der Waals surface area contributed by atoms with Gasteiger partial charge in [0.25, 0.3) is 0 Å². The molecule has 1 fully saturated rings. The Bertz CT molecular complexity index is 1290. The number of ether oxygens (including phenoxy) is 1. The third kappa shape index (κ3) is 3.94. The molecule has 5 unspecified atom stereocenters. The Morgan fingerprint density at radius 3 is 2.82 bits per heavy atom. The van der Waals surface area contributed by atoms with Crippen LogP contribution in [0.4, 0.5) is 10.2 Å². The van der Waals surface area contributed by atoms with Crippen LogP contribution < -0.4 is 5.32 Å². The van der Waals surface area contributed by atoms with E-state index in [9.17, 15) is 14.6 Å². The Balaban J connectivity index is 1.50. The van der Waals surface area contributed by atoms with Gasteiger partial charge in [-0.2, -0.15) is 9.61 Å². The summed E-state index contributed by atoms with van der Waals surface area (Å²) in [6.45, 7) is 1.92. The van der Waals surface area contributed by atoms with Gasteiger partial charge in [-0.25, -0.2) is 9.37 Å². The van der Waals surface area contributed by atoms with Crippen LogP contribution in [0.1, 0.15) is 25.1 Å². The predicted octanol–water partition coefficient (Wildman–Crippen LogP) is 3.75. The van der Waals surface area contributed by atoms with Crippen LogP contribution in [0.3, 0.4) is 0 Å². The maximum atomic E-state index is 13.8. The van der Waals surface area contributed by atoms with E-state index in [1.807, 2.05) is 36.4 Å². The lowest BCUT2D eigenvalue weighted by Crippen LogP contribution is -2.36. The first-order chi connectivity index (χ1) is 16.0. The first kappa shape index (κ1) is 21.8. The van der Waals surface area contributed by atoms with Crippen molar-refractivity contribution in [3.63, 3.8) is 0 Å². The molecule has 3 N–H and O–H groups in total. The van der Waals surface area contributed by atoms with E-state index in [2.05, 4.69) is 10.3 Å². The van der Waals surface area contributed by atoms with Crippen molar-refractivity contribution in [1.82, 2.24) is 14.6 Å². The van der Waals surface area contributed by atoms with E-state index in [4.69, 9.17) is 9.84 Å². The highest BCUT2D eigenvalue weighted by atomic mass is 19.1. The summed E-state index contributed by atoms with van der Waals surface area (Å²) < 4.78 is 20.7. The van der Waals surface area contributed by atoms with E-state index in [0.717, 1.165) is 22.0 Å². The normalized spacial score (nSPS) is 23.9. The fraction of sp³-hybridized carbons (Fsp3) is 0.360. The van der Waals surface area contributed by atoms with Gasteiger partial charge in [0.2, 0.25) is 0 Å². The van der Waals surface area contributed by atoms with Gasteiger partial charge in [-0.05, 0) is 41.8 Å². The topological polar surface area (TPSA) is 91.9 Å². The quantitative estimate of drug-likeness (QED) is 0.414. The monoisotopic (exact) mass is 450 g/mol. The number of aliphatic hydroxyl groups excluding tert-OH is 2. The Labute approximate surface area is 190 Å². The van der Waals surface area contributed by atoms with Crippen molar-refractivity contribution in [2.45, 2.75) is 37.8 Å². The number of alkyl halides is 1. The molecule has 0 amide bonds. The summed E-state index contributed by atoms with van der Waals surface area (Å²) in [5, 5.41) is 30.9. The molecule has 2 aromatic heterocycles. The van der Waals surface area contributed by atoms with Gasteiger partial charge in [0, 0.05) is 30.9 Å². The molecule has 0 radical (unpaired) electrons. The number of aromatic nitrogens is 3. The van der Waals surface area contributed by atoms with Crippen LogP contribution in [0, 0.1) is 5.92 Å². The summed E-state index contributed by atoms with van der Waals surface area (Å²) in [6, 6.07) is 14.9. The van der Waals surface area contributed by atoms with Crippen LogP contribution in [0.2, 0.25) is 0 Å². The van der Waals surface area contributed by atoms with Crippen LogP contribution in [0.15, 0.2) is 54.7 Å². The van der Waals surface area contributed by atoms with E-state index in [-0.39, 0.29) is 12.0 Å². The van der Waals surface area contributed by atoms with Crippen molar-refractivity contribution in [2.24, 2.45) is 5.92 Å². The van der Waals surface area contributed by atoms with Crippen molar-refractivity contribution >= 4 is 22.2 Å². The zero-order valence-corrected chi connectivity index (χ0v) is 18.5. The fourth-order valence-electron chi connectivity index (χ4n) is 4.75. The third-order valence-electron chi connectivity index (χ3n) is 6.51. The molecule has 33 heavy (non-hydrogen) atoms. The number of halogens is 1. The second-order valence-electron chi connectivity index (χ2n) is 8.71. The number of rotatable bonds is 6. The van der Waals surface area contributed by atoms with E-state index < -0.39 is 18.4 Å². The maximum Gasteiger partial charge on any atom is 0.157 e. The highest BCUT2D eigenvalue weighted by molar-refractivity contribution is 5.96. The van der Waals surface area contributed by atoms with Gasteiger partial charge in [0.05, 0.1) is 24.4 Å². The Kier molecular flexibility index (Phi) is 5.74. The lowest BCUT2D eigenvalue weighted by molar-refractivity contribution is -0.00196. The zero-order valence-electron chi connectivity index (χ0n) is 18.5. The molecule has 2 aromatic carbocycles. The molecule has 2 heterocycles. The van der Waals surface area contributed by atoms with Gasteiger partial charge < -0.3 is 20.3 Å². The van der Waals surface area contributed by atoms with Crippen molar-refractivity contribution in [2.75, 3.05) is 19.0 Å². The zero-order chi connectivity index (χ0) is 23.1. The van der Waals surface area contributed by atoms with Crippen molar-refractivity contribution < 1.29 is 19.3 Å². The van der Waals surface area contributed by atoms with Crippen LogP contribution in [-0.4, -0.2) is 56.8 Å². The number of aliphatic hydroxyl groups is 2. The number of anilines is 1. The largest absolute Gasteiger partial charge is 0.390 e. The molecule has 1 aliphatic carbocycles. The fourth-order valence-corrected chi connectivity index (χ4v) is 4.75. The number of fused-ring (bicyclic) bond motifs is 2. The van der Waals surface area contributed by atoms with E-state index in [1.165, 1.54) is 6.92 Å². The molecule has 0 bridgehead atoms. The molecular formula is C25H27FN4O3. The molecule has 1 aliphatic rings. The van der Waals surface area contributed by atoms with E-state index in [0.29, 0.717) is 30.1 Å². The number of benzene rings is 2. The van der Waals surface area contributed by atoms with Crippen LogP contribution in [0.5, 0.6) is 0 Å². The molecule has 172 valence electrons. The highest BCUT2D eigenvalue weighted by Crippen LogP contribution is 2.32. The highest BCUT2D eigenvalue weighted by Gasteiger charge is 2.41. The first-order valence-electron chi connectivity index (χ1n) is 11.1. The lowest BCUT2D eigenvalue weighted by atomic mass is 9.99. The van der Waals surface area contributed by atoms with Gasteiger partial charge in [-0.3, -0.25) is 0 Å². The number of nitrogens with zero attached hydrogens (tertiary/aromatic N) is 3. The van der Waals surface area contributed by atoms with Crippen molar-refractivity contribution in [3.8, 4) is 11.3 Å². The molecule has 4 aromatic rings. The minimum absolute atomic E-state index is 0.138. The van der Waals surface area contributed by atoms with E-state index in [1.54, 1.807) is 30.0 Å². The SMILES string of the molecule is COCC1CC(Nc2ccnc3cc(-c4cccc5cc(C(C)F)ccc45)nn23)C(O)C1O. The second kappa shape index (κ2) is 8.70. The average Bonchev–Trinajstić information content (AvgIpc) is 3.36. The summed E-state index contributed by atoms with van der Waals surface area (Å²) >= 11 is 0. The van der Waals surface area contributed by atoms with Gasteiger partial charge in [-0.1, -0.05) is 30.3 Å². The number of methoxy groups -OCH3 is 1. The molecule has 5 atom stereocenters. The van der Waals surface area contributed by atoms with Crippen molar-refractivity contribution in [3.05, 3.63) is 60.3 Å². The van der Waals surface area contributed by atoms with Gasteiger partial charge in [-0.15, -0.1) is 0 Å². The first-order valence-corrected chi connectivity index (χ1v) is 11.1. The number of nitrogens with one attached hydrogen (secondary N) is 1. The van der Waals surface area contributed by atoms with Gasteiger partial charge >= 0.3 is 0 Å². The Morgan fingerprint density at radius 1 is 1.18 bits per heavy atom. The summed E-state index contributed by atoms with van der Waals surface area (Å²) in [5.41, 5.74) is 2.97. The molecule has 8 heteroatoms. The minimum Gasteiger partial charge on any atom is -0.390 e. The van der Waals surface area contributed by atoms with Crippen molar-refractivity contribution in [1.29, 1.82) is 0 Å². The molecule has 5 rings (SSSR count). The van der Waals surface area contributed by atoms with Crippen LogP contribution >= 0.6 is 0 Å². The van der Waals surface area contributed by atoms with Gasteiger partial charge in [0.1, 0.15) is 18.1 Å². The average molecular weight is 451 g/mol. The summed E-state index contributed by atoms with van der Waals surface area (Å²) in [4.78, 5) is 4.44. The molecular weight excluding hydrogens is 423 g/mol. The molecule has 0 aliphatic heterocycles. The van der Waals surface area contributed by atoms with Gasteiger partial charge in [0.15, 0.2) is 5.65 Å². The second-order valence-corrected chi connectivity index (χ2v) is 8.71. The number of hydrogen-bond donors (Lipinski definition) is 3. The number of hydrogen-bond acceptors (Lipinski definition) is 6. The lowest BCUT2D eigenvalue weighted by Gasteiger charge is -2.19. The standard InChI is InChI=1S/C25H27FN4O3/c1-14(26)15-6-7-18-16(10-15)4-3-5-19(18)20-12-23-27-9-8-22(30(23)29-20)28-21-11-17(13-33-2)24(31)25(21)32/h3-10,12,14,17,21,24-25,28,31-32H,11,13H2,1-2H3. The van der Waals surface area contributed by atoms with Crippen LogP contribution in [0.25, 0.3) is 27.7 Å². The molecule has 7 nitrogen and oxygen atoms in total. The summed E-state index contributed by atoms with van der Waals surface area (Å²) in [6.07, 6.45) is -0.522. The van der Waals surface area contributed by atoms with E-state index >= 15 is 0 Å². The molecule has 1 saturated carbocycles. The smallest absolute Gasteiger partial charge is 0.157 e. The predicted molar refractivity (Wildman–Crippen MR) is 125 cm³/mol. The maximum absolute atomic E-state index is 13.8. The Morgan fingerprint density at radius 2 is 2.03 bits per heavy atom.